The van der Waals surface area contributed by atoms with E-state index in [1.165, 1.54) is 23.8 Å². The van der Waals surface area contributed by atoms with Crippen molar-refractivity contribution < 1.29 is 4.42 Å². The van der Waals surface area contributed by atoms with E-state index in [0.29, 0.717) is 4.75 Å². The SMILES string of the molecule is CCC(CC)(CNC(C)c1oc2ccccc2c1C)SC. The molecule has 1 heterocycles. The van der Waals surface area contributed by atoms with Crippen molar-refractivity contribution in [3.05, 3.63) is 35.6 Å². The Kier molecular flexibility index (Phi) is 5.39. The number of rotatable bonds is 7. The molecule has 0 aliphatic rings. The molecule has 1 atom stereocenters. The van der Waals surface area contributed by atoms with E-state index in [-0.39, 0.29) is 6.04 Å². The Labute approximate surface area is 132 Å². The zero-order valence-electron chi connectivity index (χ0n) is 13.8. The summed E-state index contributed by atoms with van der Waals surface area (Å²) >= 11 is 1.97. The molecule has 1 aromatic carbocycles. The van der Waals surface area contributed by atoms with Crippen LogP contribution in [0.2, 0.25) is 0 Å². The smallest absolute Gasteiger partial charge is 0.134 e. The minimum atomic E-state index is 0.238. The highest BCUT2D eigenvalue weighted by Gasteiger charge is 2.26. The van der Waals surface area contributed by atoms with Crippen molar-refractivity contribution in [2.75, 3.05) is 12.8 Å². The Hall–Kier alpha value is -0.930. The normalized spacial score (nSPS) is 13.8. The minimum absolute atomic E-state index is 0.238. The molecule has 1 aromatic heterocycles. The highest BCUT2D eigenvalue weighted by Crippen LogP contribution is 2.32. The van der Waals surface area contributed by atoms with Crippen molar-refractivity contribution >= 4 is 22.7 Å². The maximum absolute atomic E-state index is 6.06. The lowest BCUT2D eigenvalue weighted by atomic mass is 10.0. The number of nitrogens with one attached hydrogen (secondary N) is 1. The highest BCUT2D eigenvalue weighted by atomic mass is 32.2. The zero-order chi connectivity index (χ0) is 15.5. The van der Waals surface area contributed by atoms with Crippen molar-refractivity contribution in [1.82, 2.24) is 5.32 Å². The lowest BCUT2D eigenvalue weighted by molar-refractivity contribution is 0.410. The Bertz CT molecular complexity index is 578. The summed E-state index contributed by atoms with van der Waals surface area (Å²) in [5.74, 6) is 1.07. The van der Waals surface area contributed by atoms with Crippen LogP contribution in [0.4, 0.5) is 0 Å². The highest BCUT2D eigenvalue weighted by molar-refractivity contribution is 8.00. The van der Waals surface area contributed by atoms with E-state index < -0.39 is 0 Å². The standard InChI is InChI=1S/C18H27NOS/c1-6-18(7-2,21-5)12-19-14(4)17-13(3)15-10-8-9-11-16(15)20-17/h8-11,14,19H,6-7,12H2,1-5H3. The monoisotopic (exact) mass is 305 g/mol. The summed E-state index contributed by atoms with van der Waals surface area (Å²) in [5, 5.41) is 4.91. The van der Waals surface area contributed by atoms with Gasteiger partial charge in [-0.15, -0.1) is 0 Å². The third-order valence-corrected chi connectivity index (χ3v) is 6.31. The Morgan fingerprint density at radius 3 is 2.48 bits per heavy atom. The summed E-state index contributed by atoms with van der Waals surface area (Å²) in [6, 6.07) is 8.51. The van der Waals surface area contributed by atoms with Crippen LogP contribution in [0.5, 0.6) is 0 Å². The van der Waals surface area contributed by atoms with Crippen LogP contribution in [-0.4, -0.2) is 17.5 Å². The van der Waals surface area contributed by atoms with Crippen molar-refractivity contribution in [2.24, 2.45) is 0 Å². The van der Waals surface area contributed by atoms with Crippen molar-refractivity contribution in [1.29, 1.82) is 0 Å². The third-order valence-electron chi connectivity index (χ3n) is 4.73. The van der Waals surface area contributed by atoms with Crippen molar-refractivity contribution in [3.63, 3.8) is 0 Å². The average molecular weight is 305 g/mol. The Morgan fingerprint density at radius 1 is 1.24 bits per heavy atom. The molecule has 2 nitrogen and oxygen atoms in total. The van der Waals surface area contributed by atoms with Gasteiger partial charge in [0.15, 0.2) is 0 Å². The van der Waals surface area contributed by atoms with Gasteiger partial charge in [-0.05, 0) is 44.6 Å². The van der Waals surface area contributed by atoms with Gasteiger partial charge in [0.25, 0.3) is 0 Å². The summed E-state index contributed by atoms with van der Waals surface area (Å²) < 4.78 is 6.39. The van der Waals surface area contributed by atoms with Crippen molar-refractivity contribution in [3.8, 4) is 0 Å². The van der Waals surface area contributed by atoms with E-state index in [0.717, 1.165) is 17.9 Å². The first-order valence-electron chi connectivity index (χ1n) is 7.83. The summed E-state index contributed by atoms with van der Waals surface area (Å²) in [6.07, 6.45) is 4.58. The van der Waals surface area contributed by atoms with E-state index in [4.69, 9.17) is 4.42 Å². The molecule has 1 unspecified atom stereocenters. The van der Waals surface area contributed by atoms with Crippen LogP contribution >= 0.6 is 11.8 Å². The molecule has 0 radical (unpaired) electrons. The molecule has 2 rings (SSSR count). The molecule has 0 saturated heterocycles. The Morgan fingerprint density at radius 2 is 1.90 bits per heavy atom. The number of para-hydroxylation sites is 1. The first-order valence-corrected chi connectivity index (χ1v) is 9.06. The van der Waals surface area contributed by atoms with Gasteiger partial charge in [0, 0.05) is 16.7 Å². The first kappa shape index (κ1) is 16.4. The fraction of sp³-hybridized carbons (Fsp3) is 0.556. The van der Waals surface area contributed by atoms with Gasteiger partial charge in [-0.1, -0.05) is 32.0 Å². The largest absolute Gasteiger partial charge is 0.459 e. The summed E-state index contributed by atoms with van der Waals surface area (Å²) in [4.78, 5) is 0. The molecule has 0 fully saturated rings. The minimum Gasteiger partial charge on any atom is -0.459 e. The summed E-state index contributed by atoms with van der Waals surface area (Å²) in [7, 11) is 0. The van der Waals surface area contributed by atoms with Crippen LogP contribution in [0.15, 0.2) is 28.7 Å². The second-order valence-electron chi connectivity index (χ2n) is 5.78. The number of hydrogen-bond donors (Lipinski definition) is 1. The second kappa shape index (κ2) is 6.89. The van der Waals surface area contributed by atoms with E-state index in [1.807, 2.05) is 23.9 Å². The fourth-order valence-corrected chi connectivity index (χ4v) is 3.70. The lowest BCUT2D eigenvalue weighted by Gasteiger charge is -2.31. The van der Waals surface area contributed by atoms with Crippen LogP contribution in [-0.2, 0) is 0 Å². The molecule has 0 aliphatic heterocycles. The van der Waals surface area contributed by atoms with Gasteiger partial charge in [-0.2, -0.15) is 11.8 Å². The van der Waals surface area contributed by atoms with E-state index in [1.54, 1.807) is 0 Å². The van der Waals surface area contributed by atoms with Gasteiger partial charge in [-0.25, -0.2) is 0 Å². The predicted octanol–water partition coefficient (Wildman–Crippen LogP) is 5.31. The van der Waals surface area contributed by atoms with Crippen LogP contribution in [0.3, 0.4) is 0 Å². The molecule has 21 heavy (non-hydrogen) atoms. The van der Waals surface area contributed by atoms with Crippen LogP contribution in [0, 0.1) is 6.92 Å². The van der Waals surface area contributed by atoms with Gasteiger partial charge in [0.05, 0.1) is 6.04 Å². The number of thioether (sulfide) groups is 1. The average Bonchev–Trinajstić information content (AvgIpc) is 2.87. The number of furan rings is 1. The molecule has 0 amide bonds. The van der Waals surface area contributed by atoms with Crippen LogP contribution in [0.1, 0.15) is 51.0 Å². The number of fused-ring (bicyclic) bond motifs is 1. The first-order chi connectivity index (χ1) is 10.1. The van der Waals surface area contributed by atoms with Crippen LogP contribution in [0.25, 0.3) is 11.0 Å². The maximum atomic E-state index is 6.06. The van der Waals surface area contributed by atoms with Gasteiger partial charge in [0.2, 0.25) is 0 Å². The molecular formula is C18H27NOS. The molecule has 116 valence electrons. The molecule has 1 N–H and O–H groups in total. The van der Waals surface area contributed by atoms with Gasteiger partial charge in [-0.3, -0.25) is 0 Å². The van der Waals surface area contributed by atoms with Gasteiger partial charge >= 0.3 is 0 Å². The molecule has 0 bridgehead atoms. The summed E-state index contributed by atoms with van der Waals surface area (Å²) in [5.41, 5.74) is 2.24. The lowest BCUT2D eigenvalue weighted by Crippen LogP contribution is -2.37. The summed E-state index contributed by atoms with van der Waals surface area (Å²) in [6.45, 7) is 9.91. The second-order valence-corrected chi connectivity index (χ2v) is 7.06. The molecule has 0 spiro atoms. The zero-order valence-corrected chi connectivity index (χ0v) is 14.6. The molecule has 2 aromatic rings. The molecular weight excluding hydrogens is 278 g/mol. The molecule has 0 aliphatic carbocycles. The fourth-order valence-electron chi connectivity index (χ4n) is 2.90. The van der Waals surface area contributed by atoms with Crippen LogP contribution < -0.4 is 5.32 Å². The van der Waals surface area contributed by atoms with Gasteiger partial charge in [0.1, 0.15) is 11.3 Å². The number of aryl methyl sites for hydroxylation is 1. The molecule has 3 heteroatoms. The number of benzene rings is 1. The topological polar surface area (TPSA) is 25.2 Å². The van der Waals surface area contributed by atoms with Gasteiger partial charge < -0.3 is 9.73 Å². The molecule has 0 saturated carbocycles. The third kappa shape index (κ3) is 3.29. The number of hydrogen-bond acceptors (Lipinski definition) is 3. The van der Waals surface area contributed by atoms with E-state index in [2.05, 4.69) is 51.4 Å². The van der Waals surface area contributed by atoms with Crippen molar-refractivity contribution in [2.45, 2.75) is 51.3 Å². The van der Waals surface area contributed by atoms with E-state index >= 15 is 0 Å². The van der Waals surface area contributed by atoms with E-state index in [9.17, 15) is 0 Å². The maximum Gasteiger partial charge on any atom is 0.134 e. The Balaban J connectivity index is 2.15. The quantitative estimate of drug-likeness (QED) is 0.750. The predicted molar refractivity (Wildman–Crippen MR) is 94.2 cm³/mol.